The van der Waals surface area contributed by atoms with E-state index >= 15 is 0 Å². The Balaban J connectivity index is 2.64. The van der Waals surface area contributed by atoms with Crippen molar-refractivity contribution in [2.24, 2.45) is 0 Å². The van der Waals surface area contributed by atoms with Crippen LogP contribution in [0.2, 0.25) is 0 Å². The Morgan fingerprint density at radius 2 is 2.19 bits per heavy atom. The third-order valence-electron chi connectivity index (χ3n) is 2.71. The lowest BCUT2D eigenvalue weighted by molar-refractivity contribution is -0.116. The van der Waals surface area contributed by atoms with Gasteiger partial charge in [0, 0.05) is 19.2 Å². The standard InChI is InChI=1S/C16H23NO4/c1-3-11-21-14-7-5-13(12-15(14)20-2)6-8-16(19)17-9-4-10-18/h5-8,12,18H,3-4,9-11H2,1-2H3,(H,17,19)/b8-6+. The smallest absolute Gasteiger partial charge is 0.244 e. The lowest BCUT2D eigenvalue weighted by Gasteiger charge is -2.10. The van der Waals surface area contributed by atoms with Crippen molar-refractivity contribution >= 4 is 12.0 Å². The molecule has 0 saturated carbocycles. The lowest BCUT2D eigenvalue weighted by Crippen LogP contribution is -2.22. The molecule has 5 heteroatoms. The van der Waals surface area contributed by atoms with Crippen LogP contribution in [-0.4, -0.2) is 37.9 Å². The molecule has 0 heterocycles. The number of aliphatic hydroxyl groups excluding tert-OH is 1. The van der Waals surface area contributed by atoms with Crippen LogP contribution in [0.4, 0.5) is 0 Å². The van der Waals surface area contributed by atoms with Gasteiger partial charge in [-0.3, -0.25) is 4.79 Å². The van der Waals surface area contributed by atoms with Gasteiger partial charge in [-0.2, -0.15) is 0 Å². The van der Waals surface area contributed by atoms with Crippen molar-refractivity contribution in [1.82, 2.24) is 5.32 Å². The second-order valence-corrected chi connectivity index (χ2v) is 4.46. The molecule has 0 aliphatic heterocycles. The summed E-state index contributed by atoms with van der Waals surface area (Å²) in [4.78, 5) is 11.5. The molecule has 0 aliphatic carbocycles. The summed E-state index contributed by atoms with van der Waals surface area (Å²) in [5.74, 6) is 1.16. The molecule has 1 amide bonds. The predicted molar refractivity (Wildman–Crippen MR) is 82.5 cm³/mol. The molecule has 0 radical (unpaired) electrons. The highest BCUT2D eigenvalue weighted by Gasteiger charge is 2.04. The van der Waals surface area contributed by atoms with E-state index in [1.54, 1.807) is 13.2 Å². The van der Waals surface area contributed by atoms with Crippen molar-refractivity contribution in [3.63, 3.8) is 0 Å². The first-order valence-corrected chi connectivity index (χ1v) is 7.08. The van der Waals surface area contributed by atoms with E-state index in [-0.39, 0.29) is 12.5 Å². The molecular weight excluding hydrogens is 270 g/mol. The number of aliphatic hydroxyl groups is 1. The van der Waals surface area contributed by atoms with Gasteiger partial charge in [0.05, 0.1) is 13.7 Å². The molecule has 0 aliphatic rings. The second-order valence-electron chi connectivity index (χ2n) is 4.46. The van der Waals surface area contributed by atoms with Gasteiger partial charge < -0.3 is 19.9 Å². The summed E-state index contributed by atoms with van der Waals surface area (Å²) in [6.07, 6.45) is 4.65. The molecule has 1 rings (SSSR count). The Labute approximate surface area is 125 Å². The highest BCUT2D eigenvalue weighted by Crippen LogP contribution is 2.28. The van der Waals surface area contributed by atoms with Gasteiger partial charge in [0.15, 0.2) is 11.5 Å². The summed E-state index contributed by atoms with van der Waals surface area (Å²) in [5.41, 5.74) is 0.855. The van der Waals surface area contributed by atoms with Crippen LogP contribution in [-0.2, 0) is 4.79 Å². The number of carbonyl (C=O) groups is 1. The molecule has 1 aromatic rings. The average Bonchev–Trinajstić information content (AvgIpc) is 2.51. The van der Waals surface area contributed by atoms with Crippen LogP contribution in [0, 0.1) is 0 Å². The van der Waals surface area contributed by atoms with Crippen LogP contribution in [0.5, 0.6) is 11.5 Å². The maximum atomic E-state index is 11.5. The maximum absolute atomic E-state index is 11.5. The minimum atomic E-state index is -0.186. The number of benzene rings is 1. The van der Waals surface area contributed by atoms with Gasteiger partial charge >= 0.3 is 0 Å². The molecular formula is C16H23NO4. The maximum Gasteiger partial charge on any atom is 0.244 e. The van der Waals surface area contributed by atoms with Gasteiger partial charge in [-0.1, -0.05) is 13.0 Å². The summed E-state index contributed by atoms with van der Waals surface area (Å²) in [6.45, 7) is 3.21. The number of nitrogens with one attached hydrogen (secondary N) is 1. The molecule has 0 saturated heterocycles. The van der Waals surface area contributed by atoms with E-state index in [4.69, 9.17) is 14.6 Å². The number of carbonyl (C=O) groups excluding carboxylic acids is 1. The van der Waals surface area contributed by atoms with E-state index in [2.05, 4.69) is 5.32 Å². The Morgan fingerprint density at radius 1 is 1.38 bits per heavy atom. The molecule has 116 valence electrons. The number of ether oxygens (including phenoxy) is 2. The Kier molecular flexibility index (Phi) is 7.97. The molecule has 0 atom stereocenters. The van der Waals surface area contributed by atoms with Gasteiger partial charge in [-0.25, -0.2) is 0 Å². The fourth-order valence-electron chi connectivity index (χ4n) is 1.64. The van der Waals surface area contributed by atoms with Crippen LogP contribution < -0.4 is 14.8 Å². The fourth-order valence-corrected chi connectivity index (χ4v) is 1.64. The molecule has 0 spiro atoms. The SMILES string of the molecule is CCCOc1ccc(/C=C/C(=O)NCCCO)cc1OC. The number of hydrogen-bond donors (Lipinski definition) is 2. The van der Waals surface area contributed by atoms with E-state index in [0.29, 0.717) is 31.1 Å². The number of hydrogen-bond acceptors (Lipinski definition) is 4. The van der Waals surface area contributed by atoms with E-state index in [0.717, 1.165) is 12.0 Å². The highest BCUT2D eigenvalue weighted by molar-refractivity contribution is 5.91. The molecule has 5 nitrogen and oxygen atoms in total. The zero-order chi connectivity index (χ0) is 15.5. The van der Waals surface area contributed by atoms with Gasteiger partial charge in [0.2, 0.25) is 5.91 Å². The summed E-state index contributed by atoms with van der Waals surface area (Å²) in [7, 11) is 1.59. The van der Waals surface area contributed by atoms with E-state index in [9.17, 15) is 4.79 Å². The summed E-state index contributed by atoms with van der Waals surface area (Å²) in [6, 6.07) is 5.52. The third-order valence-corrected chi connectivity index (χ3v) is 2.71. The van der Waals surface area contributed by atoms with Crippen LogP contribution in [0.3, 0.4) is 0 Å². The van der Waals surface area contributed by atoms with Gasteiger partial charge in [0.1, 0.15) is 0 Å². The monoisotopic (exact) mass is 293 g/mol. The zero-order valence-electron chi connectivity index (χ0n) is 12.6. The molecule has 0 aromatic heterocycles. The van der Waals surface area contributed by atoms with Crippen LogP contribution >= 0.6 is 0 Å². The number of rotatable bonds is 9. The van der Waals surface area contributed by atoms with E-state index < -0.39 is 0 Å². The van der Waals surface area contributed by atoms with Crippen LogP contribution in [0.25, 0.3) is 6.08 Å². The molecule has 0 bridgehead atoms. The summed E-state index contributed by atoms with van der Waals surface area (Å²) >= 11 is 0. The average molecular weight is 293 g/mol. The minimum absolute atomic E-state index is 0.0699. The molecule has 0 unspecified atom stereocenters. The van der Waals surface area contributed by atoms with Crippen molar-refractivity contribution in [3.8, 4) is 11.5 Å². The van der Waals surface area contributed by atoms with E-state index in [1.807, 2.05) is 25.1 Å². The number of amides is 1. The molecule has 0 fully saturated rings. The lowest BCUT2D eigenvalue weighted by atomic mass is 10.2. The van der Waals surface area contributed by atoms with Crippen LogP contribution in [0.15, 0.2) is 24.3 Å². The Morgan fingerprint density at radius 3 is 2.86 bits per heavy atom. The van der Waals surface area contributed by atoms with Gasteiger partial charge in [0.25, 0.3) is 0 Å². The van der Waals surface area contributed by atoms with Crippen molar-refractivity contribution < 1.29 is 19.4 Å². The topological polar surface area (TPSA) is 67.8 Å². The van der Waals surface area contributed by atoms with Crippen LogP contribution in [0.1, 0.15) is 25.3 Å². The van der Waals surface area contributed by atoms with Gasteiger partial charge in [-0.05, 0) is 36.6 Å². The molecule has 21 heavy (non-hydrogen) atoms. The second kappa shape index (κ2) is 9.83. The fraction of sp³-hybridized carbons (Fsp3) is 0.438. The molecule has 2 N–H and O–H groups in total. The Bertz CT molecular complexity index is 471. The quantitative estimate of drug-likeness (QED) is 0.540. The van der Waals surface area contributed by atoms with Crippen molar-refractivity contribution in [2.75, 3.05) is 26.9 Å². The minimum Gasteiger partial charge on any atom is -0.493 e. The largest absolute Gasteiger partial charge is 0.493 e. The first-order valence-electron chi connectivity index (χ1n) is 7.08. The Hall–Kier alpha value is -2.01. The summed E-state index contributed by atoms with van der Waals surface area (Å²) in [5, 5.41) is 11.3. The van der Waals surface area contributed by atoms with Crippen molar-refractivity contribution in [1.29, 1.82) is 0 Å². The normalized spacial score (nSPS) is 10.6. The molecule has 1 aromatic carbocycles. The zero-order valence-corrected chi connectivity index (χ0v) is 12.6. The highest BCUT2D eigenvalue weighted by atomic mass is 16.5. The first-order chi connectivity index (χ1) is 10.2. The van der Waals surface area contributed by atoms with Crippen molar-refractivity contribution in [3.05, 3.63) is 29.8 Å². The number of methoxy groups -OCH3 is 1. The van der Waals surface area contributed by atoms with E-state index in [1.165, 1.54) is 6.08 Å². The first kappa shape index (κ1) is 17.0. The predicted octanol–water partition coefficient (Wildman–Crippen LogP) is 2.00. The van der Waals surface area contributed by atoms with Gasteiger partial charge in [-0.15, -0.1) is 0 Å². The third kappa shape index (κ3) is 6.31. The summed E-state index contributed by atoms with van der Waals surface area (Å²) < 4.78 is 10.9. The van der Waals surface area contributed by atoms with Crippen molar-refractivity contribution in [2.45, 2.75) is 19.8 Å².